The first-order valence-electron chi connectivity index (χ1n) is 7.77. The normalized spacial score (nSPS) is 31.1. The highest BCUT2D eigenvalue weighted by atomic mass is 28.4. The maximum absolute atomic E-state index is 6.06. The van der Waals surface area contributed by atoms with Gasteiger partial charge < -0.3 is 13.3 Å². The van der Waals surface area contributed by atoms with Crippen LogP contribution in [0.4, 0.5) is 0 Å². The van der Waals surface area contributed by atoms with Gasteiger partial charge in [0.05, 0.1) is 0 Å². The van der Waals surface area contributed by atoms with Gasteiger partial charge in [-0.2, -0.15) is 0 Å². The maximum atomic E-state index is 6.06. The monoisotopic (exact) mass is 284 g/mol. The highest BCUT2D eigenvalue weighted by molar-refractivity contribution is 6.62. The standard InChI is InChI=1S/C15H28O3Si/c1-5-16-19(17-6-2,18-7-3)12(4)15-11-13-8-9-14(15)10-13/h8-9,12-15H,5-7,10-11H2,1-4H3. The molecular formula is C15H28O3Si. The van der Waals surface area contributed by atoms with Crippen molar-refractivity contribution in [3.05, 3.63) is 12.2 Å². The van der Waals surface area contributed by atoms with Crippen LogP contribution in [0.3, 0.4) is 0 Å². The van der Waals surface area contributed by atoms with Gasteiger partial charge >= 0.3 is 8.80 Å². The Labute approximate surface area is 118 Å². The van der Waals surface area contributed by atoms with Gasteiger partial charge in [-0.15, -0.1) is 0 Å². The molecule has 2 rings (SSSR count). The Balaban J connectivity index is 2.13. The van der Waals surface area contributed by atoms with E-state index in [4.69, 9.17) is 13.3 Å². The van der Waals surface area contributed by atoms with Gasteiger partial charge in [0.25, 0.3) is 0 Å². The van der Waals surface area contributed by atoms with E-state index in [0.29, 0.717) is 37.2 Å². The van der Waals surface area contributed by atoms with Gasteiger partial charge in [-0.3, -0.25) is 0 Å². The van der Waals surface area contributed by atoms with Gasteiger partial charge in [-0.1, -0.05) is 19.1 Å². The molecule has 0 aromatic rings. The first-order chi connectivity index (χ1) is 9.16. The average Bonchev–Trinajstić information content (AvgIpc) is 3.01. The maximum Gasteiger partial charge on any atom is 0.504 e. The summed E-state index contributed by atoms with van der Waals surface area (Å²) in [4.78, 5) is 0. The minimum absolute atomic E-state index is 0.396. The molecule has 0 heterocycles. The molecule has 4 heteroatoms. The molecule has 0 aliphatic heterocycles. The molecule has 110 valence electrons. The fourth-order valence-electron chi connectivity index (χ4n) is 3.78. The number of hydrogen-bond donors (Lipinski definition) is 0. The predicted molar refractivity (Wildman–Crippen MR) is 78.9 cm³/mol. The van der Waals surface area contributed by atoms with Crippen molar-refractivity contribution in [3.8, 4) is 0 Å². The Bertz CT molecular complexity index is 301. The second-order valence-electron chi connectivity index (χ2n) is 5.64. The molecule has 0 spiro atoms. The highest BCUT2D eigenvalue weighted by Crippen LogP contribution is 2.51. The molecular weight excluding hydrogens is 256 g/mol. The lowest BCUT2D eigenvalue weighted by atomic mass is 9.91. The zero-order valence-corrected chi connectivity index (χ0v) is 13.7. The third-order valence-corrected chi connectivity index (χ3v) is 8.18. The van der Waals surface area contributed by atoms with E-state index >= 15 is 0 Å². The topological polar surface area (TPSA) is 27.7 Å². The third-order valence-electron chi connectivity index (χ3n) is 4.57. The van der Waals surface area contributed by atoms with Gasteiger partial charge in [0, 0.05) is 25.4 Å². The van der Waals surface area contributed by atoms with E-state index in [9.17, 15) is 0 Å². The van der Waals surface area contributed by atoms with Crippen molar-refractivity contribution >= 4 is 8.80 Å². The lowest BCUT2D eigenvalue weighted by Gasteiger charge is -2.38. The summed E-state index contributed by atoms with van der Waals surface area (Å²) in [6.07, 6.45) is 7.39. The van der Waals surface area contributed by atoms with Crippen molar-refractivity contribution in [2.24, 2.45) is 17.8 Å². The van der Waals surface area contributed by atoms with E-state index in [2.05, 4.69) is 19.1 Å². The minimum Gasteiger partial charge on any atom is -0.374 e. The van der Waals surface area contributed by atoms with Crippen LogP contribution in [0, 0.1) is 17.8 Å². The summed E-state index contributed by atoms with van der Waals surface area (Å²) in [6.45, 7) is 10.4. The molecule has 3 nitrogen and oxygen atoms in total. The summed E-state index contributed by atoms with van der Waals surface area (Å²) >= 11 is 0. The van der Waals surface area contributed by atoms with Crippen LogP contribution >= 0.6 is 0 Å². The molecule has 1 saturated carbocycles. The number of hydrogen-bond acceptors (Lipinski definition) is 3. The molecule has 0 N–H and O–H groups in total. The molecule has 2 aliphatic carbocycles. The van der Waals surface area contributed by atoms with Crippen LogP contribution in [-0.2, 0) is 13.3 Å². The molecule has 0 aromatic carbocycles. The van der Waals surface area contributed by atoms with Gasteiger partial charge in [0.15, 0.2) is 0 Å². The molecule has 4 unspecified atom stereocenters. The number of fused-ring (bicyclic) bond motifs is 2. The van der Waals surface area contributed by atoms with Crippen molar-refractivity contribution in [1.29, 1.82) is 0 Å². The summed E-state index contributed by atoms with van der Waals surface area (Å²) in [6, 6.07) is 0. The van der Waals surface area contributed by atoms with Crippen molar-refractivity contribution < 1.29 is 13.3 Å². The SMILES string of the molecule is CCO[Si](OCC)(OCC)C(C)C1CC2C=CC1C2. The Morgan fingerprint density at radius 1 is 1.00 bits per heavy atom. The van der Waals surface area contributed by atoms with Crippen molar-refractivity contribution in [3.63, 3.8) is 0 Å². The molecule has 1 fully saturated rings. The zero-order chi connectivity index (χ0) is 13.9. The average molecular weight is 284 g/mol. The van der Waals surface area contributed by atoms with Crippen LogP contribution in [0.5, 0.6) is 0 Å². The van der Waals surface area contributed by atoms with E-state index in [-0.39, 0.29) is 0 Å². The highest BCUT2D eigenvalue weighted by Gasteiger charge is 2.53. The van der Waals surface area contributed by atoms with E-state index < -0.39 is 8.80 Å². The lowest BCUT2D eigenvalue weighted by molar-refractivity contribution is 0.0538. The molecule has 0 saturated heterocycles. The van der Waals surface area contributed by atoms with E-state index in [1.54, 1.807) is 0 Å². The Morgan fingerprint density at radius 3 is 1.95 bits per heavy atom. The fourth-order valence-corrected chi connectivity index (χ4v) is 6.94. The van der Waals surface area contributed by atoms with E-state index in [0.717, 1.165) is 5.92 Å². The molecule has 2 bridgehead atoms. The molecule has 0 aromatic heterocycles. The summed E-state index contributed by atoms with van der Waals surface area (Å²) in [5.41, 5.74) is 0.396. The number of rotatable bonds is 8. The Morgan fingerprint density at radius 2 is 1.58 bits per heavy atom. The zero-order valence-electron chi connectivity index (χ0n) is 12.7. The second kappa shape index (κ2) is 6.53. The van der Waals surface area contributed by atoms with Gasteiger partial charge in [0.1, 0.15) is 0 Å². The van der Waals surface area contributed by atoms with Crippen LogP contribution in [0.15, 0.2) is 12.2 Å². The fraction of sp³-hybridized carbons (Fsp3) is 0.867. The summed E-state index contributed by atoms with van der Waals surface area (Å²) in [5.74, 6) is 2.17. The van der Waals surface area contributed by atoms with Crippen LogP contribution < -0.4 is 0 Å². The van der Waals surface area contributed by atoms with Crippen LogP contribution in [0.1, 0.15) is 40.5 Å². The van der Waals surface area contributed by atoms with E-state index in [1.165, 1.54) is 12.8 Å². The van der Waals surface area contributed by atoms with Crippen molar-refractivity contribution in [2.45, 2.75) is 46.1 Å². The first kappa shape index (κ1) is 15.2. The molecule has 4 atom stereocenters. The van der Waals surface area contributed by atoms with Gasteiger partial charge in [-0.25, -0.2) is 0 Å². The van der Waals surface area contributed by atoms with Crippen molar-refractivity contribution in [1.82, 2.24) is 0 Å². The third kappa shape index (κ3) is 2.97. The first-order valence-corrected chi connectivity index (χ1v) is 9.57. The van der Waals surface area contributed by atoms with Crippen molar-refractivity contribution in [2.75, 3.05) is 19.8 Å². The lowest BCUT2D eigenvalue weighted by Crippen LogP contribution is -2.52. The molecule has 2 aliphatic rings. The number of allylic oxidation sites excluding steroid dienone is 2. The smallest absolute Gasteiger partial charge is 0.374 e. The molecule has 0 amide bonds. The summed E-state index contributed by atoms with van der Waals surface area (Å²) < 4.78 is 18.2. The predicted octanol–water partition coefficient (Wildman–Crippen LogP) is 3.64. The Hall–Kier alpha value is -0.163. The van der Waals surface area contributed by atoms with Crippen LogP contribution in [-0.4, -0.2) is 28.6 Å². The molecule has 19 heavy (non-hydrogen) atoms. The quantitative estimate of drug-likeness (QED) is 0.503. The molecule has 0 radical (unpaired) electrons. The Kier molecular flexibility index (Phi) is 5.23. The van der Waals surface area contributed by atoms with Crippen LogP contribution in [0.25, 0.3) is 0 Å². The second-order valence-corrected chi connectivity index (χ2v) is 8.62. The minimum atomic E-state index is -2.54. The summed E-state index contributed by atoms with van der Waals surface area (Å²) in [5, 5.41) is 0. The van der Waals surface area contributed by atoms with E-state index in [1.807, 2.05) is 20.8 Å². The van der Waals surface area contributed by atoms with Gasteiger partial charge in [0.2, 0.25) is 0 Å². The van der Waals surface area contributed by atoms with Gasteiger partial charge in [-0.05, 0) is 51.4 Å². The largest absolute Gasteiger partial charge is 0.504 e. The summed E-state index contributed by atoms with van der Waals surface area (Å²) in [7, 11) is -2.54. The van der Waals surface area contributed by atoms with Crippen LogP contribution in [0.2, 0.25) is 5.54 Å².